The zero-order valence-corrected chi connectivity index (χ0v) is 19.2. The van der Waals surface area contributed by atoms with Crippen molar-refractivity contribution < 1.29 is 44.1 Å². The molecular formula is C20H30N6O9. The Labute approximate surface area is 199 Å². The number of nitrogens with two attached hydrogens (primary N) is 1. The van der Waals surface area contributed by atoms with Gasteiger partial charge in [-0.2, -0.15) is 0 Å². The lowest BCUT2D eigenvalue weighted by Gasteiger charge is -2.25. The summed E-state index contributed by atoms with van der Waals surface area (Å²) in [4.78, 5) is 77.9. The van der Waals surface area contributed by atoms with Gasteiger partial charge >= 0.3 is 17.9 Å². The zero-order chi connectivity index (χ0) is 26.7. The molecule has 0 aromatic carbocycles. The molecule has 1 aromatic heterocycles. The molecule has 15 nitrogen and oxygen atoms in total. The monoisotopic (exact) mass is 498 g/mol. The number of nitrogens with one attached hydrogen (secondary N) is 4. The van der Waals surface area contributed by atoms with Gasteiger partial charge in [0.05, 0.1) is 18.8 Å². The number of carboxylic acid groups (broad SMARTS) is 3. The molecule has 0 aliphatic rings. The van der Waals surface area contributed by atoms with E-state index in [9.17, 15) is 28.8 Å². The van der Waals surface area contributed by atoms with E-state index in [1.54, 1.807) is 13.8 Å². The third kappa shape index (κ3) is 10.2. The minimum atomic E-state index is -1.81. The summed E-state index contributed by atoms with van der Waals surface area (Å²) in [5, 5.41) is 33.8. The Morgan fingerprint density at radius 2 is 1.49 bits per heavy atom. The van der Waals surface area contributed by atoms with Gasteiger partial charge in [0.1, 0.15) is 18.1 Å². The molecule has 0 radical (unpaired) electrons. The van der Waals surface area contributed by atoms with E-state index in [1.165, 1.54) is 12.5 Å². The molecule has 1 aromatic rings. The van der Waals surface area contributed by atoms with Crippen molar-refractivity contribution in [1.82, 2.24) is 25.9 Å². The van der Waals surface area contributed by atoms with Gasteiger partial charge in [-0.3, -0.25) is 24.0 Å². The standard InChI is InChI=1S/C20H30N6O9/c1-9(2)16(21)19(33)25-12(5-10-7-22-8-23-10)18(32)24-11(3-4-14(27)28)17(31)26-13(20(34)35)6-15(29)30/h7-9,11-13,16H,3-6,21H2,1-2H3,(H,22,23)(H,24,32)(H,25,33)(H,26,31)(H,27,28)(H,29,30)(H,34,35). The molecule has 0 saturated carbocycles. The van der Waals surface area contributed by atoms with Crippen molar-refractivity contribution in [3.05, 3.63) is 18.2 Å². The highest BCUT2D eigenvalue weighted by Crippen LogP contribution is 2.06. The Morgan fingerprint density at radius 3 is 1.97 bits per heavy atom. The molecule has 1 heterocycles. The van der Waals surface area contributed by atoms with Crippen LogP contribution in [0.25, 0.3) is 0 Å². The third-order valence-corrected chi connectivity index (χ3v) is 4.91. The maximum absolute atomic E-state index is 13.0. The molecule has 0 aliphatic carbocycles. The fourth-order valence-electron chi connectivity index (χ4n) is 2.85. The van der Waals surface area contributed by atoms with Gasteiger partial charge in [-0.05, 0) is 12.3 Å². The van der Waals surface area contributed by atoms with E-state index in [1.807, 2.05) is 5.32 Å². The average molecular weight is 498 g/mol. The second-order valence-corrected chi connectivity index (χ2v) is 8.10. The van der Waals surface area contributed by atoms with E-state index in [0.29, 0.717) is 5.69 Å². The molecule has 9 N–H and O–H groups in total. The predicted octanol–water partition coefficient (Wildman–Crippen LogP) is -2.19. The number of rotatable bonds is 15. The number of imidazole rings is 1. The van der Waals surface area contributed by atoms with Gasteiger partial charge in [-0.1, -0.05) is 13.8 Å². The topological polar surface area (TPSA) is 254 Å². The van der Waals surface area contributed by atoms with Crippen molar-refractivity contribution in [2.75, 3.05) is 0 Å². The minimum absolute atomic E-state index is 0.0770. The molecule has 0 spiro atoms. The second kappa shape index (κ2) is 13.6. The summed E-state index contributed by atoms with van der Waals surface area (Å²) >= 11 is 0. The number of carbonyl (C=O) groups is 6. The number of hydrogen-bond acceptors (Lipinski definition) is 8. The van der Waals surface area contributed by atoms with Crippen molar-refractivity contribution >= 4 is 35.6 Å². The molecule has 0 saturated heterocycles. The van der Waals surface area contributed by atoms with E-state index in [4.69, 9.17) is 21.1 Å². The molecular weight excluding hydrogens is 468 g/mol. The summed E-state index contributed by atoms with van der Waals surface area (Å²) in [6.07, 6.45) is 0.752. The number of carbonyl (C=O) groups excluding carboxylic acids is 3. The van der Waals surface area contributed by atoms with Gasteiger partial charge in [0.15, 0.2) is 0 Å². The van der Waals surface area contributed by atoms with Gasteiger partial charge in [0.2, 0.25) is 17.7 Å². The molecule has 0 aliphatic heterocycles. The maximum Gasteiger partial charge on any atom is 0.326 e. The predicted molar refractivity (Wildman–Crippen MR) is 118 cm³/mol. The van der Waals surface area contributed by atoms with Crippen LogP contribution in [-0.4, -0.2) is 85.1 Å². The van der Waals surface area contributed by atoms with Crippen LogP contribution < -0.4 is 21.7 Å². The van der Waals surface area contributed by atoms with Gasteiger partial charge in [0.25, 0.3) is 0 Å². The van der Waals surface area contributed by atoms with Crippen LogP contribution >= 0.6 is 0 Å². The van der Waals surface area contributed by atoms with Crippen molar-refractivity contribution in [3.8, 4) is 0 Å². The summed E-state index contributed by atoms with van der Waals surface area (Å²) in [7, 11) is 0. The highest BCUT2D eigenvalue weighted by atomic mass is 16.4. The quantitative estimate of drug-likeness (QED) is 0.129. The number of nitrogens with zero attached hydrogens (tertiary/aromatic N) is 1. The lowest BCUT2D eigenvalue weighted by Crippen LogP contribution is -2.58. The summed E-state index contributed by atoms with van der Waals surface area (Å²) < 4.78 is 0. The number of aliphatic carboxylic acids is 3. The second-order valence-electron chi connectivity index (χ2n) is 8.10. The fraction of sp³-hybridized carbons (Fsp3) is 0.550. The molecule has 4 unspecified atom stereocenters. The van der Waals surface area contributed by atoms with Gasteiger partial charge in [-0.25, -0.2) is 9.78 Å². The molecule has 4 atom stereocenters. The Morgan fingerprint density at radius 1 is 0.914 bits per heavy atom. The first-order chi connectivity index (χ1) is 16.3. The molecule has 194 valence electrons. The maximum atomic E-state index is 13.0. The SMILES string of the molecule is CC(C)C(N)C(=O)NC(Cc1cnc[nH]1)C(=O)NC(CCC(=O)O)C(=O)NC(CC(=O)O)C(=O)O. The Kier molecular flexibility index (Phi) is 11.3. The Balaban J connectivity index is 3.09. The van der Waals surface area contributed by atoms with E-state index in [0.717, 1.165) is 0 Å². The largest absolute Gasteiger partial charge is 0.481 e. The first kappa shape index (κ1) is 29.0. The van der Waals surface area contributed by atoms with Gasteiger partial charge in [0, 0.05) is 24.7 Å². The highest BCUT2D eigenvalue weighted by molar-refractivity contribution is 5.95. The highest BCUT2D eigenvalue weighted by Gasteiger charge is 2.32. The smallest absolute Gasteiger partial charge is 0.326 e. The van der Waals surface area contributed by atoms with E-state index in [2.05, 4.69) is 20.6 Å². The molecule has 0 fully saturated rings. The van der Waals surface area contributed by atoms with Crippen LogP contribution in [0, 0.1) is 5.92 Å². The van der Waals surface area contributed by atoms with E-state index in [-0.39, 0.29) is 12.3 Å². The van der Waals surface area contributed by atoms with Crippen LogP contribution in [0.3, 0.4) is 0 Å². The average Bonchev–Trinajstić information content (AvgIpc) is 3.27. The number of carboxylic acids is 3. The molecule has 3 amide bonds. The summed E-state index contributed by atoms with van der Waals surface area (Å²) in [6, 6.07) is -5.53. The van der Waals surface area contributed by atoms with Gasteiger partial charge in [-0.15, -0.1) is 0 Å². The van der Waals surface area contributed by atoms with Crippen LogP contribution in [0.1, 0.15) is 38.8 Å². The molecule has 1 rings (SSSR count). The summed E-state index contributed by atoms with van der Waals surface area (Å²) in [5.74, 6) is -7.27. The number of aromatic nitrogens is 2. The van der Waals surface area contributed by atoms with Crippen molar-refractivity contribution in [2.45, 2.75) is 63.7 Å². The first-order valence-corrected chi connectivity index (χ1v) is 10.6. The third-order valence-electron chi connectivity index (χ3n) is 4.91. The van der Waals surface area contributed by atoms with Crippen LogP contribution in [0.5, 0.6) is 0 Å². The minimum Gasteiger partial charge on any atom is -0.481 e. The fourth-order valence-corrected chi connectivity index (χ4v) is 2.85. The van der Waals surface area contributed by atoms with E-state index < -0.39 is 79.1 Å². The van der Waals surface area contributed by atoms with E-state index >= 15 is 0 Å². The van der Waals surface area contributed by atoms with Crippen molar-refractivity contribution in [1.29, 1.82) is 0 Å². The van der Waals surface area contributed by atoms with Gasteiger partial charge < -0.3 is 42.0 Å². The normalized spacial score (nSPS) is 14.3. The van der Waals surface area contributed by atoms with Crippen LogP contribution in [-0.2, 0) is 35.2 Å². The van der Waals surface area contributed by atoms with Crippen LogP contribution in [0.2, 0.25) is 0 Å². The number of amides is 3. The lowest BCUT2D eigenvalue weighted by atomic mass is 10.0. The zero-order valence-electron chi connectivity index (χ0n) is 19.2. The van der Waals surface area contributed by atoms with Crippen LogP contribution in [0.4, 0.5) is 0 Å². The van der Waals surface area contributed by atoms with Crippen molar-refractivity contribution in [2.24, 2.45) is 11.7 Å². The van der Waals surface area contributed by atoms with Crippen molar-refractivity contribution in [3.63, 3.8) is 0 Å². The molecule has 35 heavy (non-hydrogen) atoms. The Hall–Kier alpha value is -4.01. The first-order valence-electron chi connectivity index (χ1n) is 10.6. The number of H-pyrrole nitrogens is 1. The summed E-state index contributed by atoms with van der Waals surface area (Å²) in [5.41, 5.74) is 6.30. The number of aromatic amines is 1. The molecule has 0 bridgehead atoms. The Bertz CT molecular complexity index is 918. The lowest BCUT2D eigenvalue weighted by molar-refractivity contribution is -0.147. The summed E-state index contributed by atoms with van der Waals surface area (Å²) in [6.45, 7) is 3.41. The molecule has 15 heteroatoms. The van der Waals surface area contributed by atoms with Crippen LogP contribution in [0.15, 0.2) is 12.5 Å². The number of hydrogen-bond donors (Lipinski definition) is 8.